The van der Waals surface area contributed by atoms with Crippen LogP contribution >= 0.6 is 11.6 Å². The molecule has 0 N–H and O–H groups in total. The SMILES string of the molecule is CN(C)CC(Cl)c1ccc2ccccc2c1. The highest BCUT2D eigenvalue weighted by atomic mass is 35.5. The summed E-state index contributed by atoms with van der Waals surface area (Å²) in [5.74, 6) is 0. The number of benzene rings is 2. The largest absolute Gasteiger partial charge is 0.308 e. The van der Waals surface area contributed by atoms with Crippen molar-refractivity contribution in [3.63, 3.8) is 0 Å². The predicted octanol–water partition coefficient (Wildman–Crippen LogP) is 3.68. The summed E-state index contributed by atoms with van der Waals surface area (Å²) in [4.78, 5) is 2.10. The van der Waals surface area contributed by atoms with E-state index >= 15 is 0 Å². The van der Waals surface area contributed by atoms with Gasteiger partial charge >= 0.3 is 0 Å². The quantitative estimate of drug-likeness (QED) is 0.731. The Morgan fingerprint density at radius 2 is 1.75 bits per heavy atom. The molecule has 2 rings (SSSR count). The van der Waals surface area contributed by atoms with E-state index in [1.165, 1.54) is 16.3 Å². The fourth-order valence-corrected chi connectivity index (χ4v) is 2.24. The predicted molar refractivity (Wildman–Crippen MR) is 71.1 cm³/mol. The molecular weight excluding hydrogens is 218 g/mol. The number of fused-ring (bicyclic) bond motifs is 1. The van der Waals surface area contributed by atoms with E-state index in [2.05, 4.69) is 47.4 Å². The third kappa shape index (κ3) is 2.55. The molecule has 0 aliphatic rings. The summed E-state index contributed by atoms with van der Waals surface area (Å²) in [5.41, 5.74) is 1.19. The van der Waals surface area contributed by atoms with Gasteiger partial charge < -0.3 is 4.90 Å². The van der Waals surface area contributed by atoms with Crippen molar-refractivity contribution in [1.29, 1.82) is 0 Å². The summed E-state index contributed by atoms with van der Waals surface area (Å²) >= 11 is 6.36. The van der Waals surface area contributed by atoms with E-state index in [1.54, 1.807) is 0 Å². The molecule has 0 radical (unpaired) electrons. The molecule has 0 aliphatic heterocycles. The van der Waals surface area contributed by atoms with Crippen LogP contribution < -0.4 is 0 Å². The summed E-state index contributed by atoms with van der Waals surface area (Å²) in [7, 11) is 4.08. The van der Waals surface area contributed by atoms with E-state index in [0.717, 1.165) is 6.54 Å². The van der Waals surface area contributed by atoms with Crippen molar-refractivity contribution in [1.82, 2.24) is 4.90 Å². The summed E-state index contributed by atoms with van der Waals surface area (Å²) in [6.07, 6.45) is 0. The lowest BCUT2D eigenvalue weighted by atomic mass is 10.0. The molecule has 84 valence electrons. The summed E-state index contributed by atoms with van der Waals surface area (Å²) in [6, 6.07) is 14.8. The van der Waals surface area contributed by atoms with E-state index in [-0.39, 0.29) is 5.38 Å². The van der Waals surface area contributed by atoms with E-state index in [1.807, 2.05) is 14.1 Å². The minimum atomic E-state index is 0.0552. The third-order valence-corrected chi connectivity index (χ3v) is 3.05. The maximum atomic E-state index is 6.36. The molecule has 1 atom stereocenters. The lowest BCUT2D eigenvalue weighted by Gasteiger charge is -2.15. The van der Waals surface area contributed by atoms with Crippen LogP contribution in [0, 0.1) is 0 Å². The van der Waals surface area contributed by atoms with Gasteiger partial charge in [0.1, 0.15) is 0 Å². The Balaban J connectivity index is 2.32. The normalized spacial score (nSPS) is 13.2. The van der Waals surface area contributed by atoms with Crippen molar-refractivity contribution in [3.8, 4) is 0 Å². The first-order valence-electron chi connectivity index (χ1n) is 5.44. The fourth-order valence-electron chi connectivity index (χ4n) is 1.83. The lowest BCUT2D eigenvalue weighted by molar-refractivity contribution is 0.408. The first-order chi connectivity index (χ1) is 7.66. The van der Waals surface area contributed by atoms with E-state index in [0.29, 0.717) is 0 Å². The smallest absolute Gasteiger partial charge is 0.0712 e. The number of nitrogens with zero attached hydrogens (tertiary/aromatic N) is 1. The third-order valence-electron chi connectivity index (χ3n) is 2.66. The highest BCUT2D eigenvalue weighted by Gasteiger charge is 2.09. The number of halogens is 1. The van der Waals surface area contributed by atoms with Gasteiger partial charge in [0.15, 0.2) is 0 Å². The first-order valence-corrected chi connectivity index (χ1v) is 5.88. The molecule has 0 bridgehead atoms. The van der Waals surface area contributed by atoms with Crippen LogP contribution in [0.1, 0.15) is 10.9 Å². The molecule has 0 amide bonds. The van der Waals surface area contributed by atoms with Crippen LogP contribution in [0.3, 0.4) is 0 Å². The van der Waals surface area contributed by atoms with Crippen molar-refractivity contribution in [2.75, 3.05) is 20.6 Å². The summed E-state index contributed by atoms with van der Waals surface area (Å²) in [5, 5.41) is 2.57. The zero-order valence-electron chi connectivity index (χ0n) is 9.65. The van der Waals surface area contributed by atoms with Gasteiger partial charge in [0.05, 0.1) is 5.38 Å². The molecule has 0 aliphatic carbocycles. The van der Waals surface area contributed by atoms with Crippen LogP contribution in [-0.4, -0.2) is 25.5 Å². The highest BCUT2D eigenvalue weighted by Crippen LogP contribution is 2.24. The number of likely N-dealkylation sites (N-methyl/N-ethyl adjacent to an activating group) is 1. The molecule has 0 saturated heterocycles. The minimum absolute atomic E-state index is 0.0552. The standard InChI is InChI=1S/C14H16ClN/c1-16(2)10-14(15)13-8-7-11-5-3-4-6-12(11)9-13/h3-9,14H,10H2,1-2H3. The van der Waals surface area contributed by atoms with Gasteiger partial charge in [0.2, 0.25) is 0 Å². The van der Waals surface area contributed by atoms with Crippen molar-refractivity contribution in [2.45, 2.75) is 5.38 Å². The second kappa shape index (κ2) is 4.86. The van der Waals surface area contributed by atoms with Crippen LogP contribution in [0.2, 0.25) is 0 Å². The number of alkyl halides is 1. The monoisotopic (exact) mass is 233 g/mol. The Hall–Kier alpha value is -1.05. The van der Waals surface area contributed by atoms with Gasteiger partial charge in [0, 0.05) is 6.54 Å². The van der Waals surface area contributed by atoms with Gasteiger partial charge in [-0.25, -0.2) is 0 Å². The van der Waals surface area contributed by atoms with E-state index in [9.17, 15) is 0 Å². The Morgan fingerprint density at radius 3 is 2.44 bits per heavy atom. The maximum absolute atomic E-state index is 6.36. The van der Waals surface area contributed by atoms with E-state index in [4.69, 9.17) is 11.6 Å². The van der Waals surface area contributed by atoms with Gasteiger partial charge in [-0.05, 0) is 36.5 Å². The van der Waals surface area contributed by atoms with Crippen LogP contribution in [-0.2, 0) is 0 Å². The van der Waals surface area contributed by atoms with Gasteiger partial charge in [-0.15, -0.1) is 11.6 Å². The molecule has 0 saturated carbocycles. The van der Waals surface area contributed by atoms with Gasteiger partial charge in [-0.2, -0.15) is 0 Å². The van der Waals surface area contributed by atoms with Gasteiger partial charge in [-0.3, -0.25) is 0 Å². The molecule has 0 spiro atoms. The Kier molecular flexibility index (Phi) is 3.47. The molecule has 0 fully saturated rings. The molecule has 16 heavy (non-hydrogen) atoms. The summed E-state index contributed by atoms with van der Waals surface area (Å²) < 4.78 is 0. The second-order valence-corrected chi connectivity index (χ2v) is 4.86. The average molecular weight is 234 g/mol. The van der Waals surface area contributed by atoms with Gasteiger partial charge in [-0.1, -0.05) is 36.4 Å². The first kappa shape index (κ1) is 11.4. The fraction of sp³-hybridized carbons (Fsp3) is 0.286. The van der Waals surface area contributed by atoms with Crippen LogP contribution in [0.5, 0.6) is 0 Å². The van der Waals surface area contributed by atoms with Crippen LogP contribution in [0.25, 0.3) is 10.8 Å². The number of hydrogen-bond donors (Lipinski definition) is 0. The zero-order chi connectivity index (χ0) is 11.5. The Morgan fingerprint density at radius 1 is 1.06 bits per heavy atom. The van der Waals surface area contributed by atoms with Crippen molar-refractivity contribution >= 4 is 22.4 Å². The molecular formula is C14H16ClN. The zero-order valence-corrected chi connectivity index (χ0v) is 10.4. The topological polar surface area (TPSA) is 3.24 Å². The lowest BCUT2D eigenvalue weighted by Crippen LogP contribution is -2.17. The molecule has 2 aromatic rings. The molecule has 2 aromatic carbocycles. The Bertz CT molecular complexity index is 479. The number of rotatable bonds is 3. The van der Waals surface area contributed by atoms with Gasteiger partial charge in [0.25, 0.3) is 0 Å². The van der Waals surface area contributed by atoms with Crippen molar-refractivity contribution < 1.29 is 0 Å². The van der Waals surface area contributed by atoms with Crippen molar-refractivity contribution in [3.05, 3.63) is 48.0 Å². The molecule has 0 heterocycles. The van der Waals surface area contributed by atoms with Crippen LogP contribution in [0.15, 0.2) is 42.5 Å². The molecule has 2 heteroatoms. The van der Waals surface area contributed by atoms with E-state index < -0.39 is 0 Å². The van der Waals surface area contributed by atoms with Crippen molar-refractivity contribution in [2.24, 2.45) is 0 Å². The molecule has 1 nitrogen and oxygen atoms in total. The molecule has 0 aromatic heterocycles. The van der Waals surface area contributed by atoms with Crippen LogP contribution in [0.4, 0.5) is 0 Å². The maximum Gasteiger partial charge on any atom is 0.0712 e. The minimum Gasteiger partial charge on any atom is -0.308 e. The Labute approximate surface area is 102 Å². The summed E-state index contributed by atoms with van der Waals surface area (Å²) in [6.45, 7) is 0.861. The second-order valence-electron chi connectivity index (χ2n) is 4.34. The molecule has 1 unspecified atom stereocenters. The number of hydrogen-bond acceptors (Lipinski definition) is 1. The highest BCUT2D eigenvalue weighted by molar-refractivity contribution is 6.21. The average Bonchev–Trinajstić information content (AvgIpc) is 2.27.